The molecule has 1 saturated heterocycles. The quantitative estimate of drug-likeness (QED) is 0.673. The predicted molar refractivity (Wildman–Crippen MR) is 107 cm³/mol. The summed E-state index contributed by atoms with van der Waals surface area (Å²) >= 11 is 1.36. The van der Waals surface area contributed by atoms with Crippen molar-refractivity contribution in [2.45, 2.75) is 17.7 Å². The number of halogens is 1. The number of benzene rings is 2. The SMILES string of the molecule is O=C(CSc1ccc(F)cc1)Nc1nc2ccccc2nc1N1CCCC1. The maximum absolute atomic E-state index is 13.0. The minimum Gasteiger partial charge on any atom is -0.354 e. The number of nitrogens with zero attached hydrogens (tertiary/aromatic N) is 3. The Hall–Kier alpha value is -2.67. The standard InChI is InChI=1S/C20H19FN4OS/c21-14-7-9-15(10-8-14)27-13-18(26)24-19-20(25-11-3-4-12-25)23-17-6-2-1-5-16(17)22-19/h1-2,5-10H,3-4,11-13H2,(H,22,24,26). The van der Waals surface area contributed by atoms with Crippen molar-refractivity contribution in [2.24, 2.45) is 0 Å². The number of hydrogen-bond acceptors (Lipinski definition) is 5. The maximum Gasteiger partial charge on any atom is 0.235 e. The second kappa shape index (κ2) is 7.92. The molecule has 2 aromatic carbocycles. The van der Waals surface area contributed by atoms with Crippen molar-refractivity contribution >= 4 is 40.3 Å². The number of thioether (sulfide) groups is 1. The van der Waals surface area contributed by atoms with Gasteiger partial charge in [-0.2, -0.15) is 0 Å². The zero-order valence-corrected chi connectivity index (χ0v) is 15.5. The first-order chi connectivity index (χ1) is 13.2. The molecule has 3 aromatic rings. The van der Waals surface area contributed by atoms with E-state index in [1.807, 2.05) is 24.3 Å². The lowest BCUT2D eigenvalue weighted by Crippen LogP contribution is -2.24. The lowest BCUT2D eigenvalue weighted by atomic mass is 10.3. The van der Waals surface area contributed by atoms with E-state index in [-0.39, 0.29) is 17.5 Å². The van der Waals surface area contributed by atoms with Crippen LogP contribution in [-0.4, -0.2) is 34.7 Å². The van der Waals surface area contributed by atoms with Crippen molar-refractivity contribution in [3.63, 3.8) is 0 Å². The Morgan fingerprint density at radius 1 is 1.04 bits per heavy atom. The molecular weight excluding hydrogens is 363 g/mol. The number of anilines is 2. The normalized spacial score (nSPS) is 13.9. The molecule has 27 heavy (non-hydrogen) atoms. The number of fused-ring (bicyclic) bond motifs is 1. The average Bonchev–Trinajstić information content (AvgIpc) is 3.21. The van der Waals surface area contributed by atoms with Crippen LogP contribution in [0.3, 0.4) is 0 Å². The van der Waals surface area contributed by atoms with Crippen LogP contribution in [0, 0.1) is 5.82 Å². The van der Waals surface area contributed by atoms with Crippen LogP contribution in [0.2, 0.25) is 0 Å². The van der Waals surface area contributed by atoms with E-state index in [4.69, 9.17) is 4.98 Å². The van der Waals surface area contributed by atoms with Gasteiger partial charge in [0.1, 0.15) is 5.82 Å². The lowest BCUT2D eigenvalue weighted by molar-refractivity contribution is -0.113. The highest BCUT2D eigenvalue weighted by molar-refractivity contribution is 8.00. The fourth-order valence-electron chi connectivity index (χ4n) is 3.07. The van der Waals surface area contributed by atoms with Crippen LogP contribution in [-0.2, 0) is 4.79 Å². The molecule has 0 atom stereocenters. The zero-order valence-electron chi connectivity index (χ0n) is 14.7. The average molecular weight is 382 g/mol. The highest BCUT2D eigenvalue weighted by Gasteiger charge is 2.20. The predicted octanol–water partition coefficient (Wildman–Crippen LogP) is 4.10. The van der Waals surface area contributed by atoms with Crippen LogP contribution in [0.15, 0.2) is 53.4 Å². The molecule has 0 unspecified atom stereocenters. The molecule has 1 N–H and O–H groups in total. The van der Waals surface area contributed by atoms with Gasteiger partial charge in [0.15, 0.2) is 11.6 Å². The third-order valence-corrected chi connectivity index (χ3v) is 5.41. The highest BCUT2D eigenvalue weighted by Crippen LogP contribution is 2.28. The van der Waals surface area contributed by atoms with Crippen molar-refractivity contribution in [1.82, 2.24) is 9.97 Å². The molecule has 2 heterocycles. The van der Waals surface area contributed by atoms with Gasteiger partial charge in [-0.3, -0.25) is 4.79 Å². The van der Waals surface area contributed by atoms with Gasteiger partial charge in [0, 0.05) is 18.0 Å². The van der Waals surface area contributed by atoms with Crippen molar-refractivity contribution in [2.75, 3.05) is 29.1 Å². The largest absolute Gasteiger partial charge is 0.354 e. The van der Waals surface area contributed by atoms with Crippen molar-refractivity contribution in [1.29, 1.82) is 0 Å². The minimum absolute atomic E-state index is 0.158. The van der Waals surface area contributed by atoms with Crippen molar-refractivity contribution < 1.29 is 9.18 Å². The molecule has 1 aliphatic rings. The van der Waals surface area contributed by atoms with Crippen LogP contribution < -0.4 is 10.2 Å². The number of carbonyl (C=O) groups is 1. The van der Waals surface area contributed by atoms with Crippen molar-refractivity contribution in [3.05, 3.63) is 54.3 Å². The van der Waals surface area contributed by atoms with Gasteiger partial charge in [-0.05, 0) is 49.2 Å². The summed E-state index contributed by atoms with van der Waals surface area (Å²) in [7, 11) is 0. The molecule has 0 aliphatic carbocycles. The molecule has 4 rings (SSSR count). The zero-order chi connectivity index (χ0) is 18.6. The van der Waals surface area contributed by atoms with E-state index in [0.29, 0.717) is 5.82 Å². The van der Waals surface area contributed by atoms with Gasteiger partial charge in [0.2, 0.25) is 5.91 Å². The van der Waals surface area contributed by atoms with Crippen molar-refractivity contribution in [3.8, 4) is 0 Å². The summed E-state index contributed by atoms with van der Waals surface area (Å²) in [6.45, 7) is 1.83. The van der Waals surface area contributed by atoms with E-state index < -0.39 is 0 Å². The molecular formula is C20H19FN4OS. The van der Waals surface area contributed by atoms with Gasteiger partial charge in [-0.15, -0.1) is 11.8 Å². The fraction of sp³-hybridized carbons (Fsp3) is 0.250. The van der Waals surface area contributed by atoms with Gasteiger partial charge in [-0.1, -0.05) is 12.1 Å². The smallest absolute Gasteiger partial charge is 0.235 e. The number of aromatic nitrogens is 2. The second-order valence-electron chi connectivity index (χ2n) is 6.37. The number of amides is 1. The molecule has 5 nitrogen and oxygen atoms in total. The number of para-hydroxylation sites is 2. The molecule has 1 amide bonds. The Morgan fingerprint density at radius 2 is 1.70 bits per heavy atom. The fourth-order valence-corrected chi connectivity index (χ4v) is 3.77. The van der Waals surface area contributed by atoms with E-state index in [9.17, 15) is 9.18 Å². The van der Waals surface area contributed by atoms with E-state index in [2.05, 4.69) is 15.2 Å². The van der Waals surface area contributed by atoms with E-state index in [1.165, 1.54) is 23.9 Å². The summed E-state index contributed by atoms with van der Waals surface area (Å²) < 4.78 is 13.0. The first-order valence-corrected chi connectivity index (χ1v) is 9.87. The number of carbonyl (C=O) groups excluding carboxylic acids is 1. The van der Waals surface area contributed by atoms with Gasteiger partial charge in [-0.25, -0.2) is 14.4 Å². The summed E-state index contributed by atoms with van der Waals surface area (Å²) in [5, 5.41) is 2.91. The molecule has 1 fully saturated rings. The van der Waals surface area contributed by atoms with Crippen LogP contribution in [0.5, 0.6) is 0 Å². The number of nitrogens with one attached hydrogen (secondary N) is 1. The number of hydrogen-bond donors (Lipinski definition) is 1. The monoisotopic (exact) mass is 382 g/mol. The Balaban J connectivity index is 1.53. The molecule has 0 saturated carbocycles. The maximum atomic E-state index is 13.0. The topological polar surface area (TPSA) is 58.1 Å². The van der Waals surface area contributed by atoms with Crippen LogP contribution in [0.25, 0.3) is 11.0 Å². The third-order valence-electron chi connectivity index (χ3n) is 4.40. The molecule has 138 valence electrons. The summed E-state index contributed by atoms with van der Waals surface area (Å²) in [5.74, 6) is 1.01. The Bertz CT molecular complexity index is 958. The molecule has 0 radical (unpaired) electrons. The first kappa shape index (κ1) is 17.7. The van der Waals surface area contributed by atoms with Gasteiger partial charge < -0.3 is 10.2 Å². The summed E-state index contributed by atoms with van der Waals surface area (Å²) in [6.07, 6.45) is 2.23. The Morgan fingerprint density at radius 3 is 2.41 bits per heavy atom. The number of rotatable bonds is 5. The van der Waals surface area contributed by atoms with E-state index in [0.717, 1.165) is 47.7 Å². The van der Waals surface area contributed by atoms with E-state index >= 15 is 0 Å². The summed E-state index contributed by atoms with van der Waals surface area (Å²) in [4.78, 5) is 24.8. The summed E-state index contributed by atoms with van der Waals surface area (Å²) in [6, 6.07) is 13.8. The van der Waals surface area contributed by atoms with Crippen LogP contribution >= 0.6 is 11.8 Å². The molecule has 0 bridgehead atoms. The van der Waals surface area contributed by atoms with Gasteiger partial charge >= 0.3 is 0 Å². The molecule has 7 heteroatoms. The van der Waals surface area contributed by atoms with Gasteiger partial charge in [0.25, 0.3) is 0 Å². The molecule has 0 spiro atoms. The molecule has 1 aromatic heterocycles. The summed E-state index contributed by atoms with van der Waals surface area (Å²) in [5.41, 5.74) is 1.57. The minimum atomic E-state index is -0.287. The van der Waals surface area contributed by atoms with E-state index in [1.54, 1.807) is 12.1 Å². The third kappa shape index (κ3) is 4.19. The lowest BCUT2D eigenvalue weighted by Gasteiger charge is -2.20. The molecule has 1 aliphatic heterocycles. The first-order valence-electron chi connectivity index (χ1n) is 8.89. The van der Waals surface area contributed by atoms with Gasteiger partial charge in [0.05, 0.1) is 16.8 Å². The second-order valence-corrected chi connectivity index (χ2v) is 7.42. The Kier molecular flexibility index (Phi) is 5.20. The Labute approximate surface area is 161 Å². The van der Waals surface area contributed by atoms with Crippen LogP contribution in [0.4, 0.5) is 16.0 Å². The highest BCUT2D eigenvalue weighted by atomic mass is 32.2. The van der Waals surface area contributed by atoms with Crippen LogP contribution in [0.1, 0.15) is 12.8 Å².